The number of ketones is 1. The molecule has 0 aliphatic heterocycles. The molecule has 0 saturated heterocycles. The van der Waals surface area contributed by atoms with E-state index in [1.807, 2.05) is 63.2 Å². The summed E-state index contributed by atoms with van der Waals surface area (Å²) in [7, 11) is 0. The fourth-order valence-corrected chi connectivity index (χ4v) is 6.67. The topological polar surface area (TPSA) is 191 Å². The van der Waals surface area contributed by atoms with E-state index in [0.717, 1.165) is 33.7 Å². The number of hydrogen-bond donors (Lipinski definition) is 4. The lowest BCUT2D eigenvalue weighted by Gasteiger charge is -2.22. The molecule has 0 unspecified atom stereocenters. The third kappa shape index (κ3) is 13.4. The molecule has 0 fully saturated rings. The van der Waals surface area contributed by atoms with E-state index >= 15 is 0 Å². The number of nitrogens with two attached hydrogens (primary N) is 1. The second-order valence-corrected chi connectivity index (χ2v) is 15.6. The molecule has 55 heavy (non-hydrogen) atoms. The number of carboxylic acids is 1. The van der Waals surface area contributed by atoms with Crippen LogP contribution in [-0.2, 0) is 31.0 Å². The summed E-state index contributed by atoms with van der Waals surface area (Å²) >= 11 is 1.31. The molecular weight excluding hydrogens is 719 g/mol. The van der Waals surface area contributed by atoms with E-state index in [-0.39, 0.29) is 24.7 Å². The SMILES string of the molecule is CCCCCCCOc1ccc(-c2cnc(-c3ccc(C[C@H](NC(=O)c4ccc(C(C)(C)C)s4)C(=O)N[C@@H](CC(=O)O)C(=O)CCC(N)=O)cc3)nc2)cc1. The molecule has 2 aromatic carbocycles. The highest BCUT2D eigenvalue weighted by Gasteiger charge is 2.29. The molecule has 13 heteroatoms. The monoisotopic (exact) mass is 769 g/mol. The minimum Gasteiger partial charge on any atom is -0.494 e. The number of Topliss-reactive ketones (excluding diaryl/α,β-unsaturated/α-hetero) is 1. The number of rotatable bonds is 21. The van der Waals surface area contributed by atoms with Gasteiger partial charge in [0.25, 0.3) is 5.91 Å². The van der Waals surface area contributed by atoms with Crippen LogP contribution in [0.2, 0.25) is 0 Å². The summed E-state index contributed by atoms with van der Waals surface area (Å²) in [5.41, 5.74) is 8.21. The molecule has 12 nitrogen and oxygen atoms in total. The van der Waals surface area contributed by atoms with Crippen LogP contribution in [0.5, 0.6) is 5.75 Å². The standard InChI is InChI=1S/C42H51N5O7S/c1-5-6-7-8-9-22-54-31-16-14-28(15-17-31)30-25-44-39(45-26-30)29-12-10-27(11-13-29)23-33(47-41(53)35-19-20-36(55-35)42(2,3)4)40(52)46-32(24-38(50)51)34(48)18-21-37(43)49/h10-17,19-20,25-26,32-33H,5-9,18,21-24H2,1-4H3,(H2,43,49)(H,46,52)(H,47,53)(H,50,51)/t32-,33-/m0/s1. The predicted octanol–water partition coefficient (Wildman–Crippen LogP) is 6.65. The Labute approximate surface area is 326 Å². The Kier molecular flexibility index (Phi) is 15.6. The summed E-state index contributed by atoms with van der Waals surface area (Å²) in [5, 5.41) is 14.7. The number of amides is 3. The maximum atomic E-state index is 13.7. The number of ether oxygens (including phenoxy) is 1. The zero-order chi connectivity index (χ0) is 40.0. The third-order valence-corrected chi connectivity index (χ3v) is 10.4. The van der Waals surface area contributed by atoms with Gasteiger partial charge in [-0.2, -0.15) is 0 Å². The van der Waals surface area contributed by atoms with Crippen molar-refractivity contribution in [3.05, 3.63) is 88.4 Å². The van der Waals surface area contributed by atoms with E-state index in [1.165, 1.54) is 37.0 Å². The molecule has 5 N–H and O–H groups in total. The van der Waals surface area contributed by atoms with Gasteiger partial charge < -0.3 is 26.2 Å². The van der Waals surface area contributed by atoms with Gasteiger partial charge in [0.15, 0.2) is 11.6 Å². The molecule has 3 amide bonds. The van der Waals surface area contributed by atoms with Gasteiger partial charge in [-0.05, 0) is 47.2 Å². The minimum atomic E-state index is -1.42. The highest BCUT2D eigenvalue weighted by atomic mass is 32.1. The number of primary amides is 1. The fraction of sp³-hybridized carbons (Fsp3) is 0.405. The van der Waals surface area contributed by atoms with Crippen molar-refractivity contribution in [3.8, 4) is 28.3 Å². The lowest BCUT2D eigenvalue weighted by Crippen LogP contribution is -2.53. The van der Waals surface area contributed by atoms with Crippen molar-refractivity contribution >= 4 is 40.8 Å². The number of carboxylic acid groups (broad SMARTS) is 1. The number of benzene rings is 2. The van der Waals surface area contributed by atoms with Crippen molar-refractivity contribution < 1.29 is 33.8 Å². The molecule has 4 rings (SSSR count). The first-order chi connectivity index (χ1) is 26.2. The Morgan fingerprint density at radius 3 is 2.05 bits per heavy atom. The van der Waals surface area contributed by atoms with Crippen molar-refractivity contribution in [2.75, 3.05) is 6.61 Å². The Balaban J connectivity index is 1.46. The summed E-state index contributed by atoms with van der Waals surface area (Å²) in [4.78, 5) is 73.3. The maximum absolute atomic E-state index is 13.7. The van der Waals surface area contributed by atoms with Crippen LogP contribution in [0.15, 0.2) is 73.1 Å². The summed E-state index contributed by atoms with van der Waals surface area (Å²) < 4.78 is 5.88. The lowest BCUT2D eigenvalue weighted by molar-refractivity contribution is -0.140. The van der Waals surface area contributed by atoms with Gasteiger partial charge in [-0.3, -0.25) is 24.0 Å². The molecule has 292 valence electrons. The average molecular weight is 770 g/mol. The zero-order valence-corrected chi connectivity index (χ0v) is 32.7. The first-order valence-electron chi connectivity index (χ1n) is 18.6. The van der Waals surface area contributed by atoms with E-state index < -0.39 is 48.0 Å². The Hall–Kier alpha value is -5.43. The normalized spacial score (nSPS) is 12.4. The van der Waals surface area contributed by atoms with Crippen LogP contribution in [0.1, 0.15) is 99.2 Å². The van der Waals surface area contributed by atoms with Gasteiger partial charge in [-0.1, -0.05) is 89.8 Å². The van der Waals surface area contributed by atoms with Crippen molar-refractivity contribution in [1.29, 1.82) is 0 Å². The summed E-state index contributed by atoms with van der Waals surface area (Å²) in [6.07, 6.45) is 8.13. The van der Waals surface area contributed by atoms with Crippen molar-refractivity contribution in [3.63, 3.8) is 0 Å². The molecule has 2 aromatic heterocycles. The molecule has 2 heterocycles. The average Bonchev–Trinajstić information content (AvgIpc) is 3.67. The predicted molar refractivity (Wildman–Crippen MR) is 213 cm³/mol. The molecule has 0 aliphatic carbocycles. The van der Waals surface area contributed by atoms with E-state index in [9.17, 15) is 29.1 Å². The van der Waals surface area contributed by atoms with E-state index in [4.69, 9.17) is 10.5 Å². The Bertz CT molecular complexity index is 1900. The highest BCUT2D eigenvalue weighted by molar-refractivity contribution is 7.14. The molecule has 0 aliphatic rings. The third-order valence-electron chi connectivity index (χ3n) is 8.90. The maximum Gasteiger partial charge on any atom is 0.305 e. The number of carbonyl (C=O) groups is 5. The van der Waals surface area contributed by atoms with Gasteiger partial charge in [-0.15, -0.1) is 11.3 Å². The highest BCUT2D eigenvalue weighted by Crippen LogP contribution is 2.30. The van der Waals surface area contributed by atoms with Crippen LogP contribution in [0.25, 0.3) is 22.5 Å². The largest absolute Gasteiger partial charge is 0.494 e. The van der Waals surface area contributed by atoms with E-state index in [1.54, 1.807) is 30.6 Å². The van der Waals surface area contributed by atoms with Gasteiger partial charge >= 0.3 is 5.97 Å². The number of nitrogens with one attached hydrogen (secondary N) is 2. The second-order valence-electron chi connectivity index (χ2n) is 14.5. The molecule has 0 spiro atoms. The molecule has 0 radical (unpaired) electrons. The molecule has 0 saturated carbocycles. The number of unbranched alkanes of at least 4 members (excludes halogenated alkanes) is 4. The van der Waals surface area contributed by atoms with Crippen LogP contribution in [0.3, 0.4) is 0 Å². The van der Waals surface area contributed by atoms with E-state index in [2.05, 4.69) is 27.5 Å². The molecular formula is C42H51N5O7S. The zero-order valence-electron chi connectivity index (χ0n) is 31.9. The number of aliphatic carboxylic acids is 1. The van der Waals surface area contributed by atoms with Gasteiger partial charge in [0.05, 0.1) is 23.9 Å². The summed E-state index contributed by atoms with van der Waals surface area (Å²) in [5.74, 6) is -2.61. The molecule has 0 bridgehead atoms. The smallest absolute Gasteiger partial charge is 0.305 e. The Morgan fingerprint density at radius 1 is 0.800 bits per heavy atom. The lowest BCUT2D eigenvalue weighted by atomic mass is 9.95. The van der Waals surface area contributed by atoms with Crippen LogP contribution < -0.4 is 21.1 Å². The first-order valence-corrected chi connectivity index (χ1v) is 19.4. The van der Waals surface area contributed by atoms with Gasteiger partial charge in [-0.25, -0.2) is 9.97 Å². The number of aromatic nitrogens is 2. The number of carbonyl (C=O) groups excluding carboxylic acids is 4. The van der Waals surface area contributed by atoms with Crippen LogP contribution in [0, 0.1) is 0 Å². The molecule has 4 aromatic rings. The van der Waals surface area contributed by atoms with Crippen molar-refractivity contribution in [1.82, 2.24) is 20.6 Å². The molecule has 2 atom stereocenters. The van der Waals surface area contributed by atoms with Crippen LogP contribution >= 0.6 is 11.3 Å². The number of hydrogen-bond acceptors (Lipinski definition) is 9. The van der Waals surface area contributed by atoms with Crippen LogP contribution in [0.4, 0.5) is 0 Å². The number of nitrogens with zero attached hydrogens (tertiary/aromatic N) is 2. The van der Waals surface area contributed by atoms with Crippen LogP contribution in [-0.4, -0.2) is 63.2 Å². The first kappa shape index (κ1) is 42.3. The quantitative estimate of drug-likeness (QED) is 0.0672. The number of thiophene rings is 1. The summed E-state index contributed by atoms with van der Waals surface area (Å²) in [6, 6.07) is 16.0. The van der Waals surface area contributed by atoms with Crippen molar-refractivity contribution in [2.24, 2.45) is 5.73 Å². The van der Waals surface area contributed by atoms with Gasteiger partial charge in [0.1, 0.15) is 11.8 Å². The minimum absolute atomic E-state index is 0.0307. The van der Waals surface area contributed by atoms with E-state index in [0.29, 0.717) is 22.9 Å². The fourth-order valence-electron chi connectivity index (χ4n) is 5.71. The summed E-state index contributed by atoms with van der Waals surface area (Å²) in [6.45, 7) is 8.99. The van der Waals surface area contributed by atoms with Gasteiger partial charge in [0, 0.05) is 47.7 Å². The Morgan fingerprint density at radius 2 is 1.45 bits per heavy atom. The van der Waals surface area contributed by atoms with Gasteiger partial charge in [0.2, 0.25) is 11.8 Å². The second kappa shape index (κ2) is 20.3. The van der Waals surface area contributed by atoms with Crippen molar-refractivity contribution in [2.45, 2.75) is 103 Å².